The number of carbonyl (C=O) groups excluding carboxylic acids is 1. The molecule has 3 rings (SSSR count). The van der Waals surface area contributed by atoms with Crippen molar-refractivity contribution in [3.63, 3.8) is 0 Å². The molecule has 3 atom stereocenters. The summed E-state index contributed by atoms with van der Waals surface area (Å²) in [5.41, 5.74) is 0.629. The van der Waals surface area contributed by atoms with Gasteiger partial charge in [-0.3, -0.25) is 4.79 Å². The maximum absolute atomic E-state index is 12.5. The molecule has 2 aliphatic rings. The lowest BCUT2D eigenvalue weighted by Crippen LogP contribution is -2.25. The molecule has 2 fully saturated rings. The van der Waals surface area contributed by atoms with Crippen molar-refractivity contribution in [1.82, 2.24) is 9.62 Å². The summed E-state index contributed by atoms with van der Waals surface area (Å²) in [4.78, 5) is 12.2. The Balaban J connectivity index is 1.58. The van der Waals surface area contributed by atoms with Gasteiger partial charge in [-0.15, -0.1) is 0 Å². The average molecular weight is 407 g/mol. The first-order chi connectivity index (χ1) is 13.3. The van der Waals surface area contributed by atoms with E-state index in [1.54, 1.807) is 18.2 Å². The third-order valence-electron chi connectivity index (χ3n) is 6.07. The number of ether oxygens (including phenoxy) is 1. The molecule has 1 amide bonds. The number of nitrogens with one attached hydrogen (secondary N) is 1. The molecule has 154 valence electrons. The molecule has 0 heterocycles. The fourth-order valence-electron chi connectivity index (χ4n) is 4.54. The van der Waals surface area contributed by atoms with Crippen LogP contribution in [0.2, 0.25) is 0 Å². The number of nitrogens with zero attached hydrogens (tertiary/aromatic N) is 1. The van der Waals surface area contributed by atoms with Crippen LogP contribution in [0.5, 0.6) is 5.75 Å². The van der Waals surface area contributed by atoms with Crippen molar-refractivity contribution in [3.8, 4) is 5.75 Å². The molecule has 6 nitrogen and oxygen atoms in total. The summed E-state index contributed by atoms with van der Waals surface area (Å²) >= 11 is 0. The van der Waals surface area contributed by atoms with E-state index >= 15 is 0 Å². The van der Waals surface area contributed by atoms with Gasteiger partial charge < -0.3 is 10.1 Å². The lowest BCUT2D eigenvalue weighted by molar-refractivity contribution is -0.116. The summed E-state index contributed by atoms with van der Waals surface area (Å²) in [6.07, 6.45) is 9.59. The molecular weight excluding hydrogens is 376 g/mol. The molecular formula is C21H30N2O4S. The number of amides is 1. The van der Waals surface area contributed by atoms with Crippen molar-refractivity contribution in [2.75, 3.05) is 27.7 Å². The van der Waals surface area contributed by atoms with Gasteiger partial charge in [0.2, 0.25) is 15.9 Å². The fraction of sp³-hybridized carbons (Fsp3) is 0.571. The third kappa shape index (κ3) is 4.58. The molecule has 0 aliphatic heterocycles. The van der Waals surface area contributed by atoms with Crippen LogP contribution in [0.3, 0.4) is 0 Å². The Morgan fingerprint density at radius 2 is 2.07 bits per heavy atom. The Kier molecular flexibility index (Phi) is 6.45. The summed E-state index contributed by atoms with van der Waals surface area (Å²) in [5.74, 6) is 2.68. The van der Waals surface area contributed by atoms with Crippen LogP contribution >= 0.6 is 0 Å². The van der Waals surface area contributed by atoms with Gasteiger partial charge in [0.25, 0.3) is 0 Å². The lowest BCUT2D eigenvalue weighted by Gasteiger charge is -2.21. The van der Waals surface area contributed by atoms with Gasteiger partial charge in [-0.25, -0.2) is 12.7 Å². The maximum atomic E-state index is 12.5. The second-order valence-electron chi connectivity index (χ2n) is 8.05. The zero-order valence-electron chi connectivity index (χ0n) is 16.8. The molecule has 0 radical (unpaired) electrons. The van der Waals surface area contributed by atoms with Gasteiger partial charge in [0.05, 0.1) is 7.11 Å². The van der Waals surface area contributed by atoms with Crippen LogP contribution in [-0.4, -0.2) is 46.4 Å². The Morgan fingerprint density at radius 1 is 1.29 bits per heavy atom. The third-order valence-corrected chi connectivity index (χ3v) is 7.91. The second kappa shape index (κ2) is 8.66. The van der Waals surface area contributed by atoms with E-state index in [1.165, 1.54) is 59.0 Å². The molecule has 0 spiro atoms. The number of sulfonamides is 1. The minimum Gasteiger partial charge on any atom is -0.495 e. The van der Waals surface area contributed by atoms with Crippen LogP contribution in [0.4, 0.5) is 0 Å². The number of hydrogen-bond donors (Lipinski definition) is 1. The SMILES string of the molecule is COc1ccc(C=CC(=O)NCCC2CC3CCC2C3)cc1S(=O)(=O)N(C)C. The smallest absolute Gasteiger partial charge is 0.246 e. The van der Waals surface area contributed by atoms with Gasteiger partial charge in [0.1, 0.15) is 10.6 Å². The molecule has 2 saturated carbocycles. The van der Waals surface area contributed by atoms with Gasteiger partial charge in [-0.2, -0.15) is 0 Å². The molecule has 2 aliphatic carbocycles. The topological polar surface area (TPSA) is 75.7 Å². The summed E-state index contributed by atoms with van der Waals surface area (Å²) in [5, 5.41) is 2.95. The number of hydrogen-bond acceptors (Lipinski definition) is 4. The number of methoxy groups -OCH3 is 1. The van der Waals surface area contributed by atoms with Crippen LogP contribution in [0, 0.1) is 17.8 Å². The Labute approximate surface area is 168 Å². The first-order valence-electron chi connectivity index (χ1n) is 9.87. The molecule has 2 bridgehead atoms. The number of benzene rings is 1. The lowest BCUT2D eigenvalue weighted by atomic mass is 9.86. The molecule has 1 aromatic carbocycles. The fourth-order valence-corrected chi connectivity index (χ4v) is 5.62. The molecule has 0 aromatic heterocycles. The summed E-state index contributed by atoms with van der Waals surface area (Å²) in [6.45, 7) is 0.694. The van der Waals surface area contributed by atoms with Crippen molar-refractivity contribution < 1.29 is 17.9 Å². The summed E-state index contributed by atoms with van der Waals surface area (Å²) < 4.78 is 31.2. The monoisotopic (exact) mass is 406 g/mol. The number of carbonyl (C=O) groups is 1. The largest absolute Gasteiger partial charge is 0.495 e. The second-order valence-corrected chi connectivity index (χ2v) is 10.2. The molecule has 1 N–H and O–H groups in total. The van der Waals surface area contributed by atoms with Crippen LogP contribution in [0.25, 0.3) is 6.08 Å². The van der Waals surface area contributed by atoms with Crippen molar-refractivity contribution >= 4 is 22.0 Å². The molecule has 28 heavy (non-hydrogen) atoms. The maximum Gasteiger partial charge on any atom is 0.246 e. The van der Waals surface area contributed by atoms with Gasteiger partial charge in [0.15, 0.2) is 0 Å². The van der Waals surface area contributed by atoms with Gasteiger partial charge in [-0.05, 0) is 67.2 Å². The number of rotatable bonds is 8. The summed E-state index contributed by atoms with van der Waals surface area (Å²) in [6, 6.07) is 4.85. The highest BCUT2D eigenvalue weighted by atomic mass is 32.2. The van der Waals surface area contributed by atoms with E-state index in [9.17, 15) is 13.2 Å². The predicted molar refractivity (Wildman–Crippen MR) is 109 cm³/mol. The Bertz CT molecular complexity index is 848. The minimum absolute atomic E-state index is 0.0823. The normalized spacial score (nSPS) is 24.2. The Hall–Kier alpha value is -1.86. The van der Waals surface area contributed by atoms with Crippen LogP contribution in [-0.2, 0) is 14.8 Å². The van der Waals surface area contributed by atoms with E-state index in [1.807, 2.05) is 0 Å². The van der Waals surface area contributed by atoms with E-state index in [-0.39, 0.29) is 16.6 Å². The van der Waals surface area contributed by atoms with E-state index in [2.05, 4.69) is 5.32 Å². The molecule has 1 aromatic rings. The van der Waals surface area contributed by atoms with Gasteiger partial charge in [0, 0.05) is 26.7 Å². The first-order valence-corrected chi connectivity index (χ1v) is 11.3. The minimum atomic E-state index is -3.63. The van der Waals surface area contributed by atoms with Crippen LogP contribution in [0.15, 0.2) is 29.2 Å². The standard InChI is InChI=1S/C21H30N2O4S/c1-23(2)28(25,26)20-14-15(5-8-19(20)27-3)6-9-21(24)22-11-10-18-13-16-4-7-17(18)12-16/h5-6,8-9,14,16-18H,4,7,10-13H2,1-3H3,(H,22,24). The van der Waals surface area contributed by atoms with Gasteiger partial charge >= 0.3 is 0 Å². The van der Waals surface area contributed by atoms with E-state index in [0.717, 1.165) is 28.5 Å². The van der Waals surface area contributed by atoms with Crippen molar-refractivity contribution in [1.29, 1.82) is 0 Å². The molecule has 0 saturated heterocycles. The highest BCUT2D eigenvalue weighted by molar-refractivity contribution is 7.89. The van der Waals surface area contributed by atoms with Crippen molar-refractivity contribution in [2.24, 2.45) is 17.8 Å². The molecule has 7 heteroatoms. The van der Waals surface area contributed by atoms with E-state index in [4.69, 9.17) is 4.74 Å². The van der Waals surface area contributed by atoms with Crippen molar-refractivity contribution in [2.45, 2.75) is 37.0 Å². The van der Waals surface area contributed by atoms with E-state index < -0.39 is 10.0 Å². The zero-order chi connectivity index (χ0) is 20.3. The van der Waals surface area contributed by atoms with Crippen molar-refractivity contribution in [3.05, 3.63) is 29.8 Å². The molecule has 3 unspecified atom stereocenters. The quantitative estimate of drug-likeness (QED) is 0.674. The zero-order valence-corrected chi connectivity index (χ0v) is 17.7. The summed E-state index contributed by atoms with van der Waals surface area (Å²) in [7, 11) is 0.745. The Morgan fingerprint density at radius 3 is 2.68 bits per heavy atom. The van der Waals surface area contributed by atoms with Crippen LogP contribution < -0.4 is 10.1 Å². The highest BCUT2D eigenvalue weighted by Crippen LogP contribution is 2.49. The highest BCUT2D eigenvalue weighted by Gasteiger charge is 2.38. The predicted octanol–water partition coefficient (Wildman–Crippen LogP) is 2.90. The van der Waals surface area contributed by atoms with Crippen LogP contribution in [0.1, 0.15) is 37.7 Å². The number of fused-ring (bicyclic) bond motifs is 2. The first kappa shape index (κ1) is 20.9. The van der Waals surface area contributed by atoms with E-state index in [0.29, 0.717) is 12.1 Å². The van der Waals surface area contributed by atoms with Gasteiger partial charge in [-0.1, -0.05) is 12.5 Å². The average Bonchev–Trinajstić information content (AvgIpc) is 3.29.